The summed E-state index contributed by atoms with van der Waals surface area (Å²) in [7, 11) is 1.63. The van der Waals surface area contributed by atoms with Crippen molar-refractivity contribution in [3.63, 3.8) is 0 Å². The van der Waals surface area contributed by atoms with Crippen molar-refractivity contribution in [2.45, 2.75) is 34.1 Å². The molecule has 0 heterocycles. The van der Waals surface area contributed by atoms with Crippen LogP contribution in [0, 0.1) is 11.3 Å². The molecule has 1 atom stereocenters. The van der Waals surface area contributed by atoms with Gasteiger partial charge in [-0.25, -0.2) is 0 Å². The van der Waals surface area contributed by atoms with E-state index in [0.29, 0.717) is 36.9 Å². The molecular weight excluding hydrogens is 252 g/mol. The molecule has 0 saturated carbocycles. The highest BCUT2D eigenvalue weighted by molar-refractivity contribution is 5.98. The van der Waals surface area contributed by atoms with Crippen molar-refractivity contribution in [1.29, 1.82) is 0 Å². The molecule has 0 aromatic heterocycles. The normalized spacial score (nSPS) is 13.1. The largest absolute Gasteiger partial charge is 0.490 e. The second-order valence-corrected chi connectivity index (χ2v) is 6.23. The van der Waals surface area contributed by atoms with Crippen LogP contribution in [-0.4, -0.2) is 26.1 Å². The first-order valence-electron chi connectivity index (χ1n) is 7.10. The van der Waals surface area contributed by atoms with Crippen molar-refractivity contribution in [3.05, 3.63) is 29.8 Å². The fourth-order valence-corrected chi connectivity index (χ4v) is 1.75. The minimum Gasteiger partial charge on any atom is -0.490 e. The first-order chi connectivity index (χ1) is 9.36. The highest BCUT2D eigenvalue weighted by atomic mass is 16.5. The van der Waals surface area contributed by atoms with Gasteiger partial charge in [0.2, 0.25) is 0 Å². The van der Waals surface area contributed by atoms with E-state index in [1.807, 2.05) is 24.3 Å². The van der Waals surface area contributed by atoms with Gasteiger partial charge in [-0.05, 0) is 23.5 Å². The predicted molar refractivity (Wildman–Crippen MR) is 81.4 cm³/mol. The second kappa shape index (κ2) is 7.44. The van der Waals surface area contributed by atoms with E-state index in [1.165, 1.54) is 0 Å². The van der Waals surface area contributed by atoms with E-state index >= 15 is 0 Å². The van der Waals surface area contributed by atoms with Crippen LogP contribution in [0.25, 0.3) is 0 Å². The van der Waals surface area contributed by atoms with Gasteiger partial charge in [-0.1, -0.05) is 39.8 Å². The third kappa shape index (κ3) is 4.97. The van der Waals surface area contributed by atoms with Crippen molar-refractivity contribution in [2.75, 3.05) is 20.3 Å². The number of Topliss-reactive ketones (excluding diaryl/α,β-unsaturated/α-hetero) is 1. The van der Waals surface area contributed by atoms with Crippen molar-refractivity contribution in [3.8, 4) is 5.75 Å². The Hall–Kier alpha value is -1.35. The van der Waals surface area contributed by atoms with Crippen molar-refractivity contribution >= 4 is 5.78 Å². The molecule has 0 fully saturated rings. The smallest absolute Gasteiger partial charge is 0.166 e. The summed E-state index contributed by atoms with van der Waals surface area (Å²) >= 11 is 0. The summed E-state index contributed by atoms with van der Waals surface area (Å²) in [6, 6.07) is 7.43. The van der Waals surface area contributed by atoms with E-state index < -0.39 is 0 Å². The van der Waals surface area contributed by atoms with Crippen LogP contribution in [0.5, 0.6) is 5.75 Å². The number of carbonyl (C=O) groups is 1. The predicted octanol–water partition coefficient (Wildman–Crippen LogP) is 3.97. The van der Waals surface area contributed by atoms with Gasteiger partial charge < -0.3 is 9.47 Å². The van der Waals surface area contributed by atoms with Crippen LogP contribution in [0.1, 0.15) is 44.5 Å². The number of ether oxygens (including phenoxy) is 2. The van der Waals surface area contributed by atoms with Gasteiger partial charge in [-0.3, -0.25) is 4.79 Å². The Kier molecular flexibility index (Phi) is 6.21. The van der Waals surface area contributed by atoms with Crippen LogP contribution in [0.15, 0.2) is 24.3 Å². The molecule has 0 aliphatic carbocycles. The molecular formula is C17H26O3. The van der Waals surface area contributed by atoms with Crippen LogP contribution in [0.4, 0.5) is 0 Å². The summed E-state index contributed by atoms with van der Waals surface area (Å²) in [5, 5.41) is 0. The molecule has 0 amide bonds. The summed E-state index contributed by atoms with van der Waals surface area (Å²) < 4.78 is 10.6. The summed E-state index contributed by atoms with van der Waals surface area (Å²) in [4.78, 5) is 12.4. The number of rotatable bonds is 7. The molecule has 1 aromatic carbocycles. The SMILES string of the molecule is COCCOc1ccccc1C(=O)CC(C)C(C)(C)C. The fourth-order valence-electron chi connectivity index (χ4n) is 1.75. The molecule has 20 heavy (non-hydrogen) atoms. The van der Waals surface area contributed by atoms with E-state index in [4.69, 9.17) is 9.47 Å². The Morgan fingerprint density at radius 1 is 1.20 bits per heavy atom. The Morgan fingerprint density at radius 2 is 1.85 bits per heavy atom. The Morgan fingerprint density at radius 3 is 2.45 bits per heavy atom. The van der Waals surface area contributed by atoms with Gasteiger partial charge in [-0.15, -0.1) is 0 Å². The second-order valence-electron chi connectivity index (χ2n) is 6.23. The van der Waals surface area contributed by atoms with E-state index in [-0.39, 0.29) is 11.2 Å². The maximum atomic E-state index is 12.4. The lowest BCUT2D eigenvalue weighted by molar-refractivity contribution is 0.0920. The van der Waals surface area contributed by atoms with Gasteiger partial charge in [0, 0.05) is 13.5 Å². The number of hydrogen-bond acceptors (Lipinski definition) is 3. The standard InChI is InChI=1S/C17H26O3/c1-13(17(2,3)4)12-15(18)14-8-6-7-9-16(14)20-11-10-19-5/h6-9,13H,10-12H2,1-5H3. The van der Waals surface area contributed by atoms with Crippen LogP contribution >= 0.6 is 0 Å². The molecule has 0 aliphatic heterocycles. The minimum atomic E-state index is 0.126. The zero-order valence-electron chi connectivity index (χ0n) is 13.2. The summed E-state index contributed by atoms with van der Waals surface area (Å²) in [6.45, 7) is 9.56. The molecule has 3 nitrogen and oxygen atoms in total. The number of para-hydroxylation sites is 1. The maximum Gasteiger partial charge on any atom is 0.166 e. The molecule has 0 N–H and O–H groups in total. The van der Waals surface area contributed by atoms with Crippen molar-refractivity contribution < 1.29 is 14.3 Å². The minimum absolute atomic E-state index is 0.126. The van der Waals surface area contributed by atoms with Gasteiger partial charge in [-0.2, -0.15) is 0 Å². The lowest BCUT2D eigenvalue weighted by Crippen LogP contribution is -2.21. The third-order valence-corrected chi connectivity index (χ3v) is 3.70. The van der Waals surface area contributed by atoms with Gasteiger partial charge in [0.05, 0.1) is 12.2 Å². The van der Waals surface area contributed by atoms with Crippen LogP contribution in [0.3, 0.4) is 0 Å². The zero-order chi connectivity index (χ0) is 15.2. The fraction of sp³-hybridized carbons (Fsp3) is 0.588. The molecule has 0 aliphatic rings. The highest BCUT2D eigenvalue weighted by Gasteiger charge is 2.24. The molecule has 0 bridgehead atoms. The average Bonchev–Trinajstić information content (AvgIpc) is 2.38. The number of methoxy groups -OCH3 is 1. The first kappa shape index (κ1) is 16.7. The quantitative estimate of drug-likeness (QED) is 0.559. The van der Waals surface area contributed by atoms with Crippen LogP contribution in [0.2, 0.25) is 0 Å². The molecule has 1 aromatic rings. The maximum absolute atomic E-state index is 12.4. The Labute approximate surface area is 122 Å². The third-order valence-electron chi connectivity index (χ3n) is 3.70. The van der Waals surface area contributed by atoms with Crippen LogP contribution in [-0.2, 0) is 4.74 Å². The molecule has 3 heteroatoms. The molecule has 0 radical (unpaired) electrons. The Bertz CT molecular complexity index is 432. The van der Waals surface area contributed by atoms with E-state index in [2.05, 4.69) is 27.7 Å². The Balaban J connectivity index is 2.77. The highest BCUT2D eigenvalue weighted by Crippen LogP contribution is 2.30. The number of hydrogen-bond donors (Lipinski definition) is 0. The zero-order valence-corrected chi connectivity index (χ0v) is 13.2. The van der Waals surface area contributed by atoms with Crippen molar-refractivity contribution in [1.82, 2.24) is 0 Å². The number of benzene rings is 1. The number of carbonyl (C=O) groups excluding carboxylic acids is 1. The summed E-state index contributed by atoms with van der Waals surface area (Å²) in [5.74, 6) is 1.11. The first-order valence-corrected chi connectivity index (χ1v) is 7.10. The van der Waals surface area contributed by atoms with Crippen molar-refractivity contribution in [2.24, 2.45) is 11.3 Å². The topological polar surface area (TPSA) is 35.5 Å². The molecule has 112 valence electrons. The van der Waals surface area contributed by atoms with E-state index in [0.717, 1.165) is 0 Å². The van der Waals surface area contributed by atoms with Gasteiger partial charge >= 0.3 is 0 Å². The molecule has 0 spiro atoms. The monoisotopic (exact) mass is 278 g/mol. The average molecular weight is 278 g/mol. The van der Waals surface area contributed by atoms with E-state index in [9.17, 15) is 4.79 Å². The molecule has 1 unspecified atom stereocenters. The van der Waals surface area contributed by atoms with Gasteiger partial charge in [0.15, 0.2) is 5.78 Å². The molecule has 1 rings (SSSR count). The number of ketones is 1. The lowest BCUT2D eigenvalue weighted by Gasteiger charge is -2.26. The van der Waals surface area contributed by atoms with Gasteiger partial charge in [0.1, 0.15) is 12.4 Å². The summed E-state index contributed by atoms with van der Waals surface area (Å²) in [5.41, 5.74) is 0.793. The lowest BCUT2D eigenvalue weighted by atomic mass is 9.78. The summed E-state index contributed by atoms with van der Waals surface area (Å²) in [6.07, 6.45) is 0.536. The van der Waals surface area contributed by atoms with Crippen LogP contribution < -0.4 is 4.74 Å². The molecule has 0 saturated heterocycles. The van der Waals surface area contributed by atoms with Gasteiger partial charge in [0.25, 0.3) is 0 Å². The van der Waals surface area contributed by atoms with E-state index in [1.54, 1.807) is 7.11 Å².